The molecule has 2 heteroatoms. The highest BCUT2D eigenvalue weighted by atomic mass is 16.3. The van der Waals surface area contributed by atoms with Crippen LogP contribution in [0.5, 0.6) is 0 Å². The van der Waals surface area contributed by atoms with Gasteiger partial charge in [0.1, 0.15) is 0 Å². The second-order valence-corrected chi connectivity index (χ2v) is 5.08. The van der Waals surface area contributed by atoms with E-state index in [2.05, 4.69) is 20.4 Å². The van der Waals surface area contributed by atoms with Gasteiger partial charge in [0.25, 0.3) is 0 Å². The Morgan fingerprint density at radius 1 is 1.33 bits per heavy atom. The van der Waals surface area contributed by atoms with E-state index >= 15 is 0 Å². The van der Waals surface area contributed by atoms with Crippen LogP contribution in [0, 0.1) is 11.8 Å². The van der Waals surface area contributed by atoms with Crippen molar-refractivity contribution in [1.82, 2.24) is 0 Å². The zero-order valence-corrected chi connectivity index (χ0v) is 10.5. The Morgan fingerprint density at radius 3 is 2.27 bits per heavy atom. The second kappa shape index (κ2) is 7.02. The third-order valence-electron chi connectivity index (χ3n) is 3.04. The van der Waals surface area contributed by atoms with Gasteiger partial charge in [0.2, 0.25) is 0 Å². The lowest BCUT2D eigenvalue weighted by Gasteiger charge is -2.29. The van der Waals surface area contributed by atoms with Gasteiger partial charge in [0, 0.05) is 12.5 Å². The van der Waals surface area contributed by atoms with E-state index in [1.807, 2.05) is 6.08 Å². The molecule has 90 valence electrons. The highest BCUT2D eigenvalue weighted by Crippen LogP contribution is 2.23. The third kappa shape index (κ3) is 5.95. The minimum Gasteiger partial charge on any atom is -0.388 e. The summed E-state index contributed by atoms with van der Waals surface area (Å²) in [5, 5.41) is 10.00. The van der Waals surface area contributed by atoms with Crippen molar-refractivity contribution < 1.29 is 5.11 Å². The fourth-order valence-corrected chi connectivity index (χ4v) is 1.75. The Morgan fingerprint density at radius 2 is 1.87 bits per heavy atom. The Balaban J connectivity index is 3.86. The largest absolute Gasteiger partial charge is 0.388 e. The average Bonchev–Trinajstić information content (AvgIpc) is 2.17. The summed E-state index contributed by atoms with van der Waals surface area (Å²) in [4.78, 5) is 0. The van der Waals surface area contributed by atoms with E-state index in [4.69, 9.17) is 5.73 Å². The molecule has 2 atom stereocenters. The first-order valence-corrected chi connectivity index (χ1v) is 5.99. The molecule has 0 aromatic carbocycles. The van der Waals surface area contributed by atoms with Gasteiger partial charge in [-0.05, 0) is 19.3 Å². The molecule has 0 aromatic rings. The van der Waals surface area contributed by atoms with Crippen LogP contribution < -0.4 is 5.73 Å². The van der Waals surface area contributed by atoms with Crippen molar-refractivity contribution in [3.8, 4) is 0 Å². The maximum absolute atomic E-state index is 10.00. The number of nitrogens with two attached hydrogens (primary N) is 1. The van der Waals surface area contributed by atoms with Crippen LogP contribution in [0.25, 0.3) is 0 Å². The van der Waals surface area contributed by atoms with Gasteiger partial charge < -0.3 is 10.8 Å². The summed E-state index contributed by atoms with van der Waals surface area (Å²) in [6.07, 6.45) is 6.45. The van der Waals surface area contributed by atoms with Gasteiger partial charge in [-0.3, -0.25) is 0 Å². The molecule has 0 aliphatic heterocycles. The molecule has 3 N–H and O–H groups in total. The van der Waals surface area contributed by atoms with Gasteiger partial charge in [-0.2, -0.15) is 0 Å². The van der Waals surface area contributed by atoms with Gasteiger partial charge in [-0.25, -0.2) is 0 Å². The summed E-state index contributed by atoms with van der Waals surface area (Å²) in [6, 6.07) is 0. The number of rotatable bonds is 8. The van der Waals surface area contributed by atoms with Crippen molar-refractivity contribution in [1.29, 1.82) is 0 Å². The number of aliphatic hydroxyl groups is 1. The van der Waals surface area contributed by atoms with Crippen LogP contribution in [0.3, 0.4) is 0 Å². The van der Waals surface area contributed by atoms with Crippen LogP contribution in [0.2, 0.25) is 0 Å². The van der Waals surface area contributed by atoms with Crippen molar-refractivity contribution >= 4 is 0 Å². The van der Waals surface area contributed by atoms with Crippen molar-refractivity contribution in [2.45, 2.75) is 52.1 Å². The predicted octanol–water partition coefficient (Wildman–Crippen LogP) is 2.71. The fourth-order valence-electron chi connectivity index (χ4n) is 1.75. The number of unbranched alkanes of at least 4 members (excludes halogenated alkanes) is 1. The van der Waals surface area contributed by atoms with E-state index in [0.717, 1.165) is 18.8 Å². The quantitative estimate of drug-likeness (QED) is 0.481. The maximum atomic E-state index is 10.00. The molecule has 0 bridgehead atoms. The van der Waals surface area contributed by atoms with E-state index in [1.165, 1.54) is 12.8 Å². The summed E-state index contributed by atoms with van der Waals surface area (Å²) >= 11 is 0. The van der Waals surface area contributed by atoms with E-state index < -0.39 is 5.60 Å². The lowest BCUT2D eigenvalue weighted by molar-refractivity contribution is 0.0227. The molecule has 0 aromatic heterocycles. The molecule has 15 heavy (non-hydrogen) atoms. The van der Waals surface area contributed by atoms with E-state index in [-0.39, 0.29) is 5.92 Å². The molecule has 0 radical (unpaired) electrons. The lowest BCUT2D eigenvalue weighted by Crippen LogP contribution is -2.41. The molecule has 0 saturated heterocycles. The molecule has 0 amide bonds. The van der Waals surface area contributed by atoms with Crippen molar-refractivity contribution in [2.24, 2.45) is 17.6 Å². The number of hydrogen-bond acceptors (Lipinski definition) is 2. The minimum atomic E-state index is -0.792. The predicted molar refractivity (Wildman–Crippen MR) is 66.7 cm³/mol. The summed E-state index contributed by atoms with van der Waals surface area (Å²) in [5.41, 5.74) is 4.75. The Labute approximate surface area is 94.6 Å². The van der Waals surface area contributed by atoms with Crippen LogP contribution in [0.1, 0.15) is 46.5 Å². The first-order chi connectivity index (χ1) is 6.94. The maximum Gasteiger partial charge on any atom is 0.0803 e. The van der Waals surface area contributed by atoms with Crippen LogP contribution in [0.15, 0.2) is 12.7 Å². The first kappa shape index (κ1) is 14.7. The zero-order chi connectivity index (χ0) is 11.9. The van der Waals surface area contributed by atoms with Gasteiger partial charge in [-0.15, -0.1) is 6.58 Å². The Hall–Kier alpha value is -0.340. The van der Waals surface area contributed by atoms with Crippen LogP contribution in [-0.2, 0) is 0 Å². The van der Waals surface area contributed by atoms with Crippen molar-refractivity contribution in [3.05, 3.63) is 12.7 Å². The smallest absolute Gasteiger partial charge is 0.0803 e. The van der Waals surface area contributed by atoms with Crippen LogP contribution >= 0.6 is 0 Å². The van der Waals surface area contributed by atoms with Crippen LogP contribution in [-0.4, -0.2) is 17.3 Å². The average molecular weight is 213 g/mol. The van der Waals surface area contributed by atoms with E-state index in [9.17, 15) is 5.11 Å². The fraction of sp³-hybridized carbons (Fsp3) is 0.846. The molecule has 0 aliphatic rings. The topological polar surface area (TPSA) is 46.2 Å². The standard InChI is InChI=1S/C13H27NO/c1-5-12(13(4,15)10-14)9-7-6-8-11(2)3/h5,11-12,15H,1,6-10,14H2,2-4H3/t12-,13-/m1/s1. The van der Waals surface area contributed by atoms with Gasteiger partial charge in [0.15, 0.2) is 0 Å². The molecule has 0 rings (SSSR count). The lowest BCUT2D eigenvalue weighted by atomic mass is 9.85. The van der Waals surface area contributed by atoms with Crippen molar-refractivity contribution in [3.63, 3.8) is 0 Å². The van der Waals surface area contributed by atoms with E-state index in [0.29, 0.717) is 6.54 Å². The Bertz CT molecular complexity index is 175. The number of hydrogen-bond donors (Lipinski definition) is 2. The SMILES string of the molecule is C=C[C@H](CCCCC(C)C)[C@](C)(O)CN. The molecule has 0 saturated carbocycles. The first-order valence-electron chi connectivity index (χ1n) is 5.99. The third-order valence-corrected chi connectivity index (χ3v) is 3.04. The highest BCUT2D eigenvalue weighted by molar-refractivity contribution is 4.93. The van der Waals surface area contributed by atoms with E-state index in [1.54, 1.807) is 6.92 Å². The van der Waals surface area contributed by atoms with Crippen LogP contribution in [0.4, 0.5) is 0 Å². The normalized spacial score (nSPS) is 17.5. The molecule has 0 unspecified atom stereocenters. The molecule has 0 spiro atoms. The van der Waals surface area contributed by atoms with Gasteiger partial charge in [0.05, 0.1) is 5.60 Å². The van der Waals surface area contributed by atoms with Gasteiger partial charge in [-0.1, -0.05) is 39.2 Å². The summed E-state index contributed by atoms with van der Waals surface area (Å²) < 4.78 is 0. The minimum absolute atomic E-state index is 0.120. The molecule has 2 nitrogen and oxygen atoms in total. The highest BCUT2D eigenvalue weighted by Gasteiger charge is 2.27. The zero-order valence-electron chi connectivity index (χ0n) is 10.5. The summed E-state index contributed by atoms with van der Waals surface area (Å²) in [7, 11) is 0. The van der Waals surface area contributed by atoms with Crippen molar-refractivity contribution in [2.75, 3.05) is 6.54 Å². The summed E-state index contributed by atoms with van der Waals surface area (Å²) in [6.45, 7) is 10.3. The molecular formula is C13H27NO. The van der Waals surface area contributed by atoms with Gasteiger partial charge >= 0.3 is 0 Å². The molecular weight excluding hydrogens is 186 g/mol. The summed E-state index contributed by atoms with van der Waals surface area (Å²) in [5.74, 6) is 0.886. The molecule has 0 fully saturated rings. The molecule has 0 aliphatic carbocycles. The Kier molecular flexibility index (Phi) is 6.86. The monoisotopic (exact) mass is 213 g/mol. The molecule has 0 heterocycles. The second-order valence-electron chi connectivity index (χ2n) is 5.08.